The number of benzene rings is 2. The Morgan fingerprint density at radius 1 is 1.06 bits per heavy atom. The van der Waals surface area contributed by atoms with Gasteiger partial charge in [0.15, 0.2) is 0 Å². The van der Waals surface area contributed by atoms with Crippen molar-refractivity contribution in [1.82, 2.24) is 10.2 Å². The molecule has 0 aromatic heterocycles. The van der Waals surface area contributed by atoms with Crippen LogP contribution in [0, 0.1) is 6.92 Å². The molecule has 2 aromatic carbocycles. The van der Waals surface area contributed by atoms with Crippen molar-refractivity contribution in [3.63, 3.8) is 0 Å². The lowest BCUT2D eigenvalue weighted by molar-refractivity contribution is -0.141. The second-order valence-corrected chi connectivity index (χ2v) is 10.2. The first-order valence-electron chi connectivity index (χ1n) is 11.9. The predicted molar refractivity (Wildman–Crippen MR) is 139 cm³/mol. The van der Waals surface area contributed by atoms with Gasteiger partial charge in [0.1, 0.15) is 11.8 Å². The maximum Gasteiger partial charge on any atom is 0.242 e. The van der Waals surface area contributed by atoms with Crippen LogP contribution in [0.2, 0.25) is 0 Å². The molecule has 9 heteroatoms. The Hall–Kier alpha value is -3.07. The van der Waals surface area contributed by atoms with Gasteiger partial charge >= 0.3 is 0 Å². The number of rotatable bonds is 13. The molecule has 192 valence electrons. The normalized spacial score (nSPS) is 12.0. The maximum absolute atomic E-state index is 13.4. The lowest BCUT2D eigenvalue weighted by Crippen LogP contribution is -2.48. The lowest BCUT2D eigenvalue weighted by atomic mass is 10.1. The molecule has 0 bridgehead atoms. The zero-order chi connectivity index (χ0) is 26.0. The Kier molecular flexibility index (Phi) is 10.6. The highest BCUT2D eigenvalue weighted by Gasteiger charge is 2.29. The minimum atomic E-state index is -3.61. The van der Waals surface area contributed by atoms with Crippen LogP contribution in [0.5, 0.6) is 5.75 Å². The Bertz CT molecular complexity index is 1100. The summed E-state index contributed by atoms with van der Waals surface area (Å²) in [7, 11) is -2.05. The summed E-state index contributed by atoms with van der Waals surface area (Å²) < 4.78 is 32.0. The summed E-state index contributed by atoms with van der Waals surface area (Å²) in [6.07, 6.45) is 2.00. The zero-order valence-corrected chi connectivity index (χ0v) is 22.1. The van der Waals surface area contributed by atoms with E-state index in [4.69, 9.17) is 4.74 Å². The van der Waals surface area contributed by atoms with E-state index in [0.717, 1.165) is 17.4 Å². The number of hydrogen-bond acceptors (Lipinski definition) is 5. The number of amides is 2. The molecule has 0 aliphatic heterocycles. The molecule has 0 aliphatic carbocycles. The Morgan fingerprint density at radius 3 is 2.31 bits per heavy atom. The average molecular weight is 504 g/mol. The highest BCUT2D eigenvalue weighted by molar-refractivity contribution is 7.92. The molecule has 0 fully saturated rings. The molecule has 0 radical (unpaired) electrons. The molecule has 2 amide bonds. The first kappa shape index (κ1) is 28.2. The molecule has 2 rings (SSSR count). The first-order valence-corrected chi connectivity index (χ1v) is 13.7. The monoisotopic (exact) mass is 503 g/mol. The average Bonchev–Trinajstić information content (AvgIpc) is 2.82. The van der Waals surface area contributed by atoms with E-state index in [9.17, 15) is 18.0 Å². The van der Waals surface area contributed by atoms with E-state index in [0.29, 0.717) is 37.4 Å². The highest BCUT2D eigenvalue weighted by Crippen LogP contribution is 2.30. The highest BCUT2D eigenvalue weighted by atomic mass is 32.2. The number of hydrogen-bond donors (Lipinski definition) is 1. The van der Waals surface area contributed by atoms with Gasteiger partial charge in [-0.25, -0.2) is 8.42 Å². The van der Waals surface area contributed by atoms with Crippen LogP contribution in [0.1, 0.15) is 44.2 Å². The van der Waals surface area contributed by atoms with Gasteiger partial charge < -0.3 is 15.0 Å². The van der Waals surface area contributed by atoms with Crippen molar-refractivity contribution in [3.8, 4) is 5.75 Å². The van der Waals surface area contributed by atoms with Crippen molar-refractivity contribution >= 4 is 27.5 Å². The van der Waals surface area contributed by atoms with Crippen molar-refractivity contribution < 1.29 is 22.7 Å². The van der Waals surface area contributed by atoms with E-state index >= 15 is 0 Å². The second kappa shape index (κ2) is 13.1. The number of aryl methyl sites for hydroxylation is 1. The first-order chi connectivity index (χ1) is 16.6. The fourth-order valence-corrected chi connectivity index (χ4v) is 4.95. The number of ether oxygens (including phenoxy) is 1. The van der Waals surface area contributed by atoms with Gasteiger partial charge in [0.25, 0.3) is 0 Å². The predicted octanol–water partition coefficient (Wildman–Crippen LogP) is 3.49. The quantitative estimate of drug-likeness (QED) is 0.451. The van der Waals surface area contributed by atoms with E-state index in [-0.39, 0.29) is 24.8 Å². The van der Waals surface area contributed by atoms with E-state index in [1.165, 1.54) is 4.31 Å². The van der Waals surface area contributed by atoms with Gasteiger partial charge in [0.2, 0.25) is 21.8 Å². The molecule has 2 aromatic rings. The molecule has 8 nitrogen and oxygen atoms in total. The Balaban J connectivity index is 2.24. The number of para-hydroxylation sites is 2. The van der Waals surface area contributed by atoms with Crippen LogP contribution in [0.3, 0.4) is 0 Å². The fraction of sp³-hybridized carbons (Fsp3) is 0.462. The number of nitrogens with zero attached hydrogens (tertiary/aromatic N) is 2. The van der Waals surface area contributed by atoms with Crippen molar-refractivity contribution in [2.75, 3.05) is 30.8 Å². The van der Waals surface area contributed by atoms with Crippen molar-refractivity contribution in [1.29, 1.82) is 0 Å². The SMILES string of the molecule is CCOc1ccccc1N(CCCC(=O)N(Cc1ccccc1C)[C@@H](CC)C(=O)NC)S(C)(=O)=O. The summed E-state index contributed by atoms with van der Waals surface area (Å²) in [5.41, 5.74) is 2.44. The van der Waals surface area contributed by atoms with E-state index in [1.54, 1.807) is 36.2 Å². The molecule has 35 heavy (non-hydrogen) atoms. The summed E-state index contributed by atoms with van der Waals surface area (Å²) in [6, 6.07) is 14.1. The standard InChI is InChI=1S/C26H37N3O5S/c1-6-22(26(31)27-4)28(19-21-14-9-8-13-20(21)3)25(30)17-12-18-29(35(5,32)33)23-15-10-11-16-24(23)34-7-2/h8-11,13-16,22H,6-7,12,17-19H2,1-5H3,(H,27,31)/t22-/m0/s1. The van der Waals surface area contributed by atoms with Gasteiger partial charge in [0, 0.05) is 26.6 Å². The molecule has 0 saturated heterocycles. The lowest BCUT2D eigenvalue weighted by Gasteiger charge is -2.31. The Labute approximate surface area is 209 Å². The number of carbonyl (C=O) groups excluding carboxylic acids is 2. The molecule has 0 unspecified atom stereocenters. The number of nitrogens with one attached hydrogen (secondary N) is 1. The molecule has 1 N–H and O–H groups in total. The number of anilines is 1. The van der Waals surface area contributed by atoms with Crippen LogP contribution in [-0.4, -0.2) is 57.6 Å². The van der Waals surface area contributed by atoms with Crippen LogP contribution < -0.4 is 14.4 Å². The number of sulfonamides is 1. The van der Waals surface area contributed by atoms with Gasteiger partial charge in [0.05, 0.1) is 18.6 Å². The molecule has 0 saturated carbocycles. The van der Waals surface area contributed by atoms with Crippen LogP contribution >= 0.6 is 0 Å². The fourth-order valence-electron chi connectivity index (χ4n) is 3.98. The maximum atomic E-state index is 13.4. The molecule has 0 heterocycles. The van der Waals surface area contributed by atoms with Crippen LogP contribution in [0.25, 0.3) is 0 Å². The third kappa shape index (κ3) is 7.71. The molecular weight excluding hydrogens is 466 g/mol. The summed E-state index contributed by atoms with van der Waals surface area (Å²) in [5.74, 6) is 0.0479. The molecular formula is C26H37N3O5S. The summed E-state index contributed by atoms with van der Waals surface area (Å²) >= 11 is 0. The van der Waals surface area contributed by atoms with Crippen molar-refractivity contribution in [2.24, 2.45) is 0 Å². The second-order valence-electron chi connectivity index (χ2n) is 8.33. The van der Waals surface area contributed by atoms with Gasteiger partial charge in [-0.05, 0) is 49.9 Å². The zero-order valence-electron chi connectivity index (χ0n) is 21.3. The van der Waals surface area contributed by atoms with Crippen LogP contribution in [-0.2, 0) is 26.2 Å². The summed E-state index contributed by atoms with van der Waals surface area (Å²) in [4.78, 5) is 27.5. The molecule has 0 aliphatic rings. The van der Waals surface area contributed by atoms with Crippen LogP contribution in [0.15, 0.2) is 48.5 Å². The largest absolute Gasteiger partial charge is 0.492 e. The Morgan fingerprint density at radius 2 is 1.71 bits per heavy atom. The van der Waals surface area contributed by atoms with E-state index in [2.05, 4.69) is 5.32 Å². The smallest absolute Gasteiger partial charge is 0.242 e. The van der Waals surface area contributed by atoms with E-state index < -0.39 is 16.1 Å². The van der Waals surface area contributed by atoms with Gasteiger partial charge in [-0.15, -0.1) is 0 Å². The van der Waals surface area contributed by atoms with Crippen molar-refractivity contribution in [3.05, 3.63) is 59.7 Å². The van der Waals surface area contributed by atoms with E-state index in [1.807, 2.05) is 45.0 Å². The number of likely N-dealkylation sites (N-methyl/N-ethyl adjacent to an activating group) is 1. The minimum Gasteiger partial charge on any atom is -0.492 e. The van der Waals surface area contributed by atoms with Crippen molar-refractivity contribution in [2.45, 2.75) is 52.6 Å². The van der Waals surface area contributed by atoms with Gasteiger partial charge in [-0.1, -0.05) is 43.3 Å². The summed E-state index contributed by atoms with van der Waals surface area (Å²) in [5, 5.41) is 2.65. The minimum absolute atomic E-state index is 0.0994. The third-order valence-corrected chi connectivity index (χ3v) is 7.00. The van der Waals surface area contributed by atoms with Gasteiger partial charge in [-0.3, -0.25) is 13.9 Å². The molecule has 1 atom stereocenters. The van der Waals surface area contributed by atoms with Crippen LogP contribution in [0.4, 0.5) is 5.69 Å². The number of carbonyl (C=O) groups is 2. The van der Waals surface area contributed by atoms with Gasteiger partial charge in [-0.2, -0.15) is 0 Å². The third-order valence-electron chi connectivity index (χ3n) is 5.82. The summed E-state index contributed by atoms with van der Waals surface area (Å²) in [6.45, 7) is 6.50. The topological polar surface area (TPSA) is 96.0 Å². The molecule has 0 spiro atoms.